The fourth-order valence-electron chi connectivity index (χ4n) is 9.67. The Labute approximate surface area is 333 Å². The van der Waals surface area contributed by atoms with E-state index < -0.39 is 5.41 Å². The molecule has 0 saturated carbocycles. The van der Waals surface area contributed by atoms with Gasteiger partial charge in [-0.1, -0.05) is 171 Å². The van der Waals surface area contributed by atoms with Gasteiger partial charge in [-0.05, 0) is 74.2 Å². The van der Waals surface area contributed by atoms with Crippen LogP contribution in [0.2, 0.25) is 0 Å². The molecule has 10 rings (SSSR count). The molecule has 0 spiro atoms. The molecule has 10 aromatic rings. The van der Waals surface area contributed by atoms with Crippen molar-refractivity contribution in [3.05, 3.63) is 156 Å². The van der Waals surface area contributed by atoms with Crippen molar-refractivity contribution in [3.8, 4) is 22.3 Å². The molecular weight excluding hydrogens is 697 g/mol. The molecule has 0 bridgehead atoms. The Morgan fingerprint density at radius 2 is 0.877 bits per heavy atom. The van der Waals surface area contributed by atoms with Crippen LogP contribution in [0.15, 0.2) is 147 Å². The zero-order chi connectivity index (χ0) is 39.4. The standard InChI is InChI=1S/C54H48O3/c1-52(2,3)39-30-29-37-36-23-15-16-26-40(36)55-51(37)47(39)54(7,8)31-38-49-45(43-34(24-17-27-41(43)56-49)32-19-11-9-12-20-32)48(53(4,5)6)46-44-35(33-21-13-10-14-22-33)25-18-28-42(44)57-50(38)46/h9-30H,31H2,1-8H3. The molecule has 0 N–H and O–H groups in total. The summed E-state index contributed by atoms with van der Waals surface area (Å²) in [7, 11) is 0. The van der Waals surface area contributed by atoms with Crippen molar-refractivity contribution in [2.24, 2.45) is 0 Å². The van der Waals surface area contributed by atoms with Crippen LogP contribution in [0, 0.1) is 0 Å². The van der Waals surface area contributed by atoms with Crippen LogP contribution in [0.5, 0.6) is 0 Å². The van der Waals surface area contributed by atoms with Crippen molar-refractivity contribution in [2.75, 3.05) is 0 Å². The Bertz CT molecular complexity index is 3040. The zero-order valence-electron chi connectivity index (χ0n) is 34.1. The number of benzene rings is 7. The van der Waals surface area contributed by atoms with E-state index >= 15 is 0 Å². The molecule has 0 fully saturated rings. The van der Waals surface area contributed by atoms with Crippen molar-refractivity contribution in [3.63, 3.8) is 0 Å². The predicted octanol–water partition coefficient (Wildman–Crippen LogP) is 15.8. The van der Waals surface area contributed by atoms with E-state index in [2.05, 4.69) is 189 Å². The van der Waals surface area contributed by atoms with Gasteiger partial charge in [-0.15, -0.1) is 0 Å². The van der Waals surface area contributed by atoms with E-state index in [1.165, 1.54) is 49.7 Å². The third kappa shape index (κ3) is 5.46. The van der Waals surface area contributed by atoms with Crippen LogP contribution in [0.4, 0.5) is 0 Å². The third-order valence-corrected chi connectivity index (χ3v) is 12.0. The van der Waals surface area contributed by atoms with Gasteiger partial charge in [0.15, 0.2) is 0 Å². The number of hydrogen-bond acceptors (Lipinski definition) is 3. The van der Waals surface area contributed by atoms with Crippen LogP contribution < -0.4 is 0 Å². The van der Waals surface area contributed by atoms with Crippen LogP contribution in [0.1, 0.15) is 77.6 Å². The lowest BCUT2D eigenvalue weighted by molar-refractivity contribution is 0.482. The molecular formula is C54H48O3. The number of rotatable bonds is 5. The van der Waals surface area contributed by atoms with E-state index in [0.717, 1.165) is 60.6 Å². The van der Waals surface area contributed by atoms with Gasteiger partial charge in [-0.25, -0.2) is 0 Å². The maximum atomic E-state index is 7.23. The molecule has 7 aromatic carbocycles. The van der Waals surface area contributed by atoms with Crippen molar-refractivity contribution in [1.29, 1.82) is 0 Å². The average molecular weight is 745 g/mol. The second kappa shape index (κ2) is 12.5. The molecule has 0 amide bonds. The minimum absolute atomic E-state index is 0.131. The maximum Gasteiger partial charge on any atom is 0.142 e. The van der Waals surface area contributed by atoms with Crippen molar-refractivity contribution in [2.45, 2.75) is 78.1 Å². The molecule has 3 heterocycles. The number of hydrogen-bond donors (Lipinski definition) is 0. The first-order chi connectivity index (χ1) is 27.3. The Balaban J connectivity index is 1.38. The topological polar surface area (TPSA) is 39.4 Å². The predicted molar refractivity (Wildman–Crippen MR) is 240 cm³/mol. The van der Waals surface area contributed by atoms with E-state index in [0.29, 0.717) is 6.42 Å². The maximum absolute atomic E-state index is 7.23. The van der Waals surface area contributed by atoms with Crippen LogP contribution in [-0.2, 0) is 22.7 Å². The van der Waals surface area contributed by atoms with Gasteiger partial charge in [0.25, 0.3) is 0 Å². The molecule has 0 saturated heterocycles. The van der Waals surface area contributed by atoms with Crippen LogP contribution in [0.25, 0.3) is 88.1 Å². The summed E-state index contributed by atoms with van der Waals surface area (Å²) < 4.78 is 21.3. The fraction of sp³-hybridized carbons (Fsp3) is 0.222. The summed E-state index contributed by atoms with van der Waals surface area (Å²) in [4.78, 5) is 0. The summed E-state index contributed by atoms with van der Waals surface area (Å²) in [6.45, 7) is 18.6. The normalized spacial score (nSPS) is 13.0. The first kappa shape index (κ1) is 35.4. The van der Waals surface area contributed by atoms with Gasteiger partial charge >= 0.3 is 0 Å². The Hall–Kier alpha value is -6.06. The number of para-hydroxylation sites is 1. The van der Waals surface area contributed by atoms with E-state index in [-0.39, 0.29) is 10.8 Å². The van der Waals surface area contributed by atoms with Crippen molar-refractivity contribution in [1.82, 2.24) is 0 Å². The highest BCUT2D eigenvalue weighted by molar-refractivity contribution is 6.25. The third-order valence-electron chi connectivity index (χ3n) is 12.0. The number of fused-ring (bicyclic) bond motifs is 9. The summed E-state index contributed by atoms with van der Waals surface area (Å²) in [6.07, 6.45) is 0.657. The Morgan fingerprint density at radius 3 is 1.40 bits per heavy atom. The molecule has 3 heteroatoms. The zero-order valence-corrected chi connectivity index (χ0v) is 34.1. The Kier molecular flexibility index (Phi) is 7.74. The molecule has 0 unspecified atom stereocenters. The minimum Gasteiger partial charge on any atom is -0.456 e. The van der Waals surface area contributed by atoms with Crippen LogP contribution >= 0.6 is 0 Å². The van der Waals surface area contributed by atoms with Gasteiger partial charge in [0, 0.05) is 43.4 Å². The summed E-state index contributed by atoms with van der Waals surface area (Å²) in [5, 5.41) is 6.91. The second-order valence-electron chi connectivity index (χ2n) is 18.6. The largest absolute Gasteiger partial charge is 0.456 e. The van der Waals surface area contributed by atoms with E-state index in [1.807, 2.05) is 0 Å². The average Bonchev–Trinajstić information content (AvgIpc) is 3.89. The highest BCUT2D eigenvalue weighted by Gasteiger charge is 2.37. The second-order valence-corrected chi connectivity index (χ2v) is 18.6. The van der Waals surface area contributed by atoms with E-state index in [4.69, 9.17) is 13.3 Å². The van der Waals surface area contributed by atoms with Gasteiger partial charge in [0.05, 0.1) is 0 Å². The van der Waals surface area contributed by atoms with Crippen LogP contribution in [-0.4, -0.2) is 0 Å². The van der Waals surface area contributed by atoms with Gasteiger partial charge in [0.1, 0.15) is 33.5 Å². The summed E-state index contributed by atoms with van der Waals surface area (Å²) in [5.41, 5.74) is 14.1. The molecule has 3 aromatic heterocycles. The highest BCUT2D eigenvalue weighted by Crippen LogP contribution is 2.53. The van der Waals surface area contributed by atoms with Gasteiger partial charge < -0.3 is 13.3 Å². The van der Waals surface area contributed by atoms with Crippen molar-refractivity contribution < 1.29 is 13.3 Å². The van der Waals surface area contributed by atoms with Crippen molar-refractivity contribution >= 4 is 65.8 Å². The molecule has 3 nitrogen and oxygen atoms in total. The molecule has 0 atom stereocenters. The SMILES string of the molecule is CC(C)(C)c1ccc2c(oc3ccccc32)c1C(C)(C)Cc1c2oc3cccc(-c4ccccc4)c3c2c(C(C)(C)C)c2c1oc1cccc(-c3ccccc3)c12. The quantitative estimate of drug-likeness (QED) is 0.176. The lowest BCUT2D eigenvalue weighted by Gasteiger charge is -2.33. The molecule has 0 aliphatic carbocycles. The first-order valence-corrected chi connectivity index (χ1v) is 20.2. The smallest absolute Gasteiger partial charge is 0.142 e. The molecule has 0 aliphatic rings. The number of furan rings is 3. The lowest BCUT2D eigenvalue weighted by atomic mass is 9.70. The first-order valence-electron chi connectivity index (χ1n) is 20.2. The summed E-state index contributed by atoms with van der Waals surface area (Å²) in [5.74, 6) is 0. The fourth-order valence-corrected chi connectivity index (χ4v) is 9.67. The summed E-state index contributed by atoms with van der Waals surface area (Å²) >= 11 is 0. The Morgan fingerprint density at radius 1 is 0.386 bits per heavy atom. The van der Waals surface area contributed by atoms with Crippen LogP contribution in [0.3, 0.4) is 0 Å². The molecule has 0 aliphatic heterocycles. The molecule has 282 valence electrons. The summed E-state index contributed by atoms with van der Waals surface area (Å²) in [6, 6.07) is 47.4. The van der Waals surface area contributed by atoms with Gasteiger partial charge in [-0.2, -0.15) is 0 Å². The minimum atomic E-state index is -0.415. The molecule has 0 radical (unpaired) electrons. The van der Waals surface area contributed by atoms with E-state index in [9.17, 15) is 0 Å². The van der Waals surface area contributed by atoms with Gasteiger partial charge in [0.2, 0.25) is 0 Å². The highest BCUT2D eigenvalue weighted by atomic mass is 16.3. The van der Waals surface area contributed by atoms with Gasteiger partial charge in [-0.3, -0.25) is 0 Å². The molecule has 57 heavy (non-hydrogen) atoms. The monoisotopic (exact) mass is 744 g/mol. The lowest BCUT2D eigenvalue weighted by Crippen LogP contribution is -2.27. The van der Waals surface area contributed by atoms with E-state index in [1.54, 1.807) is 0 Å².